The number of rotatable bonds is 5. The molecule has 0 radical (unpaired) electrons. The normalized spacial score (nSPS) is 16.4. The molecule has 0 bridgehead atoms. The van der Waals surface area contributed by atoms with Gasteiger partial charge in [0.2, 0.25) is 5.95 Å². The molecule has 1 fully saturated rings. The van der Waals surface area contributed by atoms with Gasteiger partial charge in [-0.1, -0.05) is 12.8 Å². The minimum Gasteiger partial charge on any atom is -0.352 e. The zero-order chi connectivity index (χ0) is 13.9. The maximum atomic E-state index is 13.1. The monoisotopic (exact) mass is 277 g/mol. The molecule has 0 atom stereocenters. The first-order valence-corrected chi connectivity index (χ1v) is 7.18. The van der Waals surface area contributed by atoms with Crippen molar-refractivity contribution in [2.24, 2.45) is 0 Å². The zero-order valence-electron chi connectivity index (χ0n) is 11.7. The number of likely N-dealkylation sites (N-methyl/N-ethyl adjacent to an activating group) is 1. The second-order valence-corrected chi connectivity index (χ2v) is 5.43. The molecule has 0 aromatic carbocycles. The van der Waals surface area contributed by atoms with Crippen LogP contribution in [0.3, 0.4) is 0 Å². The van der Waals surface area contributed by atoms with Crippen LogP contribution in [0, 0.1) is 5.82 Å². The third kappa shape index (κ3) is 2.90. The third-order valence-electron chi connectivity index (χ3n) is 3.99. The van der Waals surface area contributed by atoms with E-state index in [9.17, 15) is 4.39 Å². The quantitative estimate of drug-likeness (QED) is 0.909. The molecule has 2 aromatic rings. The number of fused-ring (bicyclic) bond motifs is 1. The van der Waals surface area contributed by atoms with E-state index in [0.29, 0.717) is 11.6 Å². The molecule has 2 aromatic heterocycles. The molecule has 0 saturated heterocycles. The number of hydrogen-bond acceptors (Lipinski definition) is 4. The second-order valence-electron chi connectivity index (χ2n) is 5.43. The van der Waals surface area contributed by atoms with E-state index < -0.39 is 0 Å². The van der Waals surface area contributed by atoms with Gasteiger partial charge in [0.1, 0.15) is 5.82 Å². The highest BCUT2D eigenvalue weighted by Crippen LogP contribution is 2.21. The first-order valence-electron chi connectivity index (χ1n) is 7.18. The van der Waals surface area contributed by atoms with Crippen molar-refractivity contribution >= 4 is 11.6 Å². The highest BCUT2D eigenvalue weighted by molar-refractivity contribution is 5.42. The summed E-state index contributed by atoms with van der Waals surface area (Å²) in [5.74, 6) is 0.241. The number of halogens is 1. The smallest absolute Gasteiger partial charge is 0.243 e. The summed E-state index contributed by atoms with van der Waals surface area (Å²) in [6.45, 7) is 1.76. The molecule has 108 valence electrons. The van der Waals surface area contributed by atoms with Crippen molar-refractivity contribution < 1.29 is 4.39 Å². The molecule has 5 nitrogen and oxygen atoms in total. The minimum absolute atomic E-state index is 0.310. The van der Waals surface area contributed by atoms with Crippen LogP contribution in [-0.2, 0) is 0 Å². The Morgan fingerprint density at radius 3 is 3.00 bits per heavy atom. The average Bonchev–Trinajstić information content (AvgIpc) is 3.06. The fraction of sp³-hybridized carbons (Fsp3) is 0.571. The molecule has 0 spiro atoms. The fourth-order valence-electron chi connectivity index (χ4n) is 2.80. The number of hydrogen-bond donors (Lipinski definition) is 1. The largest absolute Gasteiger partial charge is 0.352 e. The van der Waals surface area contributed by atoms with Crippen molar-refractivity contribution in [3.05, 3.63) is 24.1 Å². The van der Waals surface area contributed by atoms with Crippen molar-refractivity contribution in [2.75, 3.05) is 25.5 Å². The third-order valence-corrected chi connectivity index (χ3v) is 3.99. The lowest BCUT2D eigenvalue weighted by Crippen LogP contribution is -2.33. The molecule has 2 heterocycles. The van der Waals surface area contributed by atoms with Gasteiger partial charge in [-0.2, -0.15) is 4.98 Å². The van der Waals surface area contributed by atoms with E-state index in [1.165, 1.54) is 42.5 Å². The Morgan fingerprint density at radius 1 is 1.40 bits per heavy atom. The van der Waals surface area contributed by atoms with Crippen molar-refractivity contribution in [2.45, 2.75) is 31.7 Å². The van der Waals surface area contributed by atoms with Gasteiger partial charge in [0.05, 0.1) is 6.20 Å². The molecule has 1 saturated carbocycles. The Kier molecular flexibility index (Phi) is 3.82. The molecule has 6 heteroatoms. The Hall–Kier alpha value is -1.69. The molecular formula is C14H20FN5. The lowest BCUT2D eigenvalue weighted by Gasteiger charge is -2.23. The van der Waals surface area contributed by atoms with Gasteiger partial charge in [-0.3, -0.25) is 0 Å². The van der Waals surface area contributed by atoms with Crippen LogP contribution >= 0.6 is 0 Å². The summed E-state index contributed by atoms with van der Waals surface area (Å²) in [6.07, 6.45) is 6.65. The summed E-state index contributed by atoms with van der Waals surface area (Å²) in [5.41, 5.74) is 0.651. The van der Waals surface area contributed by atoms with Gasteiger partial charge in [0.25, 0.3) is 0 Å². The second kappa shape index (κ2) is 5.75. The summed E-state index contributed by atoms with van der Waals surface area (Å²) in [5, 5.41) is 7.40. The standard InChI is InChI=1S/C14H20FN5/c1-19(12-4-2-3-5-12)9-8-16-14-17-13-7-6-11(15)10-20(13)18-14/h6-7,10,12H,2-5,8-9H2,1H3,(H,16,18). The van der Waals surface area contributed by atoms with Crippen LogP contribution < -0.4 is 5.32 Å². The van der Waals surface area contributed by atoms with E-state index in [1.807, 2.05) is 0 Å². The van der Waals surface area contributed by atoms with Gasteiger partial charge < -0.3 is 10.2 Å². The Balaban J connectivity index is 1.54. The summed E-state index contributed by atoms with van der Waals surface area (Å²) >= 11 is 0. The van der Waals surface area contributed by atoms with Crippen molar-refractivity contribution in [1.82, 2.24) is 19.5 Å². The van der Waals surface area contributed by atoms with Crippen LogP contribution in [0.1, 0.15) is 25.7 Å². The lowest BCUT2D eigenvalue weighted by molar-refractivity contribution is 0.254. The number of aromatic nitrogens is 3. The number of anilines is 1. The van der Waals surface area contributed by atoms with E-state index in [4.69, 9.17) is 0 Å². The van der Waals surface area contributed by atoms with Crippen LogP contribution in [0.4, 0.5) is 10.3 Å². The van der Waals surface area contributed by atoms with Crippen LogP contribution in [-0.4, -0.2) is 45.7 Å². The number of nitrogens with zero attached hydrogens (tertiary/aromatic N) is 4. The Labute approximate surface area is 117 Å². The van der Waals surface area contributed by atoms with E-state index in [-0.39, 0.29) is 5.82 Å². The molecule has 0 unspecified atom stereocenters. The van der Waals surface area contributed by atoms with Gasteiger partial charge in [0, 0.05) is 19.1 Å². The Morgan fingerprint density at radius 2 is 2.20 bits per heavy atom. The topological polar surface area (TPSA) is 45.5 Å². The highest BCUT2D eigenvalue weighted by Gasteiger charge is 2.18. The minimum atomic E-state index is -0.310. The van der Waals surface area contributed by atoms with Crippen molar-refractivity contribution in [1.29, 1.82) is 0 Å². The van der Waals surface area contributed by atoms with E-state index in [0.717, 1.165) is 19.1 Å². The first-order chi connectivity index (χ1) is 9.72. The van der Waals surface area contributed by atoms with E-state index in [2.05, 4.69) is 27.3 Å². The van der Waals surface area contributed by atoms with Gasteiger partial charge >= 0.3 is 0 Å². The summed E-state index contributed by atoms with van der Waals surface area (Å²) in [6, 6.07) is 3.74. The van der Waals surface area contributed by atoms with Gasteiger partial charge in [-0.15, -0.1) is 5.10 Å². The zero-order valence-corrected chi connectivity index (χ0v) is 11.7. The number of nitrogens with one attached hydrogen (secondary N) is 1. The Bertz CT molecular complexity index is 576. The van der Waals surface area contributed by atoms with Gasteiger partial charge in [-0.05, 0) is 32.0 Å². The van der Waals surface area contributed by atoms with Gasteiger partial charge in [-0.25, -0.2) is 8.91 Å². The van der Waals surface area contributed by atoms with Crippen LogP contribution in [0.2, 0.25) is 0 Å². The van der Waals surface area contributed by atoms with E-state index in [1.54, 1.807) is 6.07 Å². The molecule has 1 aliphatic carbocycles. The summed E-state index contributed by atoms with van der Waals surface area (Å²) < 4.78 is 14.5. The average molecular weight is 277 g/mol. The maximum absolute atomic E-state index is 13.1. The molecule has 1 N–H and O–H groups in total. The SMILES string of the molecule is CN(CCNc1nc2ccc(F)cn2n1)C1CCCC1. The van der Waals surface area contributed by atoms with Crippen LogP contribution in [0.5, 0.6) is 0 Å². The molecule has 3 rings (SSSR count). The summed E-state index contributed by atoms with van der Waals surface area (Å²) in [7, 11) is 2.17. The predicted molar refractivity (Wildman–Crippen MR) is 76.3 cm³/mol. The van der Waals surface area contributed by atoms with Crippen LogP contribution in [0.15, 0.2) is 18.3 Å². The van der Waals surface area contributed by atoms with E-state index >= 15 is 0 Å². The predicted octanol–water partition coefficient (Wildman–Crippen LogP) is 2.15. The summed E-state index contributed by atoms with van der Waals surface area (Å²) in [4.78, 5) is 6.70. The molecule has 0 amide bonds. The highest BCUT2D eigenvalue weighted by atomic mass is 19.1. The first kappa shape index (κ1) is 13.3. The van der Waals surface area contributed by atoms with Crippen molar-refractivity contribution in [3.63, 3.8) is 0 Å². The van der Waals surface area contributed by atoms with Crippen LogP contribution in [0.25, 0.3) is 5.65 Å². The maximum Gasteiger partial charge on any atom is 0.243 e. The molecule has 20 heavy (non-hydrogen) atoms. The molecule has 1 aliphatic rings. The molecule has 0 aliphatic heterocycles. The number of pyridine rings is 1. The van der Waals surface area contributed by atoms with Crippen molar-refractivity contribution in [3.8, 4) is 0 Å². The molecular weight excluding hydrogens is 257 g/mol. The fourth-order valence-corrected chi connectivity index (χ4v) is 2.80. The lowest BCUT2D eigenvalue weighted by atomic mass is 10.2. The van der Waals surface area contributed by atoms with Gasteiger partial charge in [0.15, 0.2) is 5.65 Å².